The number of hydrogen-bond acceptors (Lipinski definition) is 4. The first-order valence-corrected chi connectivity index (χ1v) is 8.18. The largest absolute Gasteiger partial charge is 0.480 e. The Morgan fingerprint density at radius 3 is 2.76 bits per heavy atom. The van der Waals surface area contributed by atoms with Crippen LogP contribution in [-0.4, -0.2) is 23.6 Å². The standard InChI is InChI=1S/C17H29N3O/c1-5-10-18-14(13-8-6-7-9-17(13,2)3)15-16(21-4)20-12-11-19-15/h11-14,18H,5-10H2,1-4H3. The van der Waals surface area contributed by atoms with Crippen LogP contribution in [0.2, 0.25) is 0 Å². The van der Waals surface area contributed by atoms with Crippen molar-refractivity contribution in [3.05, 3.63) is 18.1 Å². The van der Waals surface area contributed by atoms with Gasteiger partial charge < -0.3 is 10.1 Å². The fourth-order valence-electron chi connectivity index (χ4n) is 3.57. The van der Waals surface area contributed by atoms with E-state index in [9.17, 15) is 0 Å². The van der Waals surface area contributed by atoms with Crippen molar-refractivity contribution in [2.24, 2.45) is 11.3 Å². The highest BCUT2D eigenvalue weighted by molar-refractivity contribution is 5.23. The van der Waals surface area contributed by atoms with Gasteiger partial charge in [0.05, 0.1) is 13.2 Å². The van der Waals surface area contributed by atoms with Crippen LogP contribution >= 0.6 is 0 Å². The molecule has 4 heteroatoms. The summed E-state index contributed by atoms with van der Waals surface area (Å²) in [6.45, 7) is 7.97. The van der Waals surface area contributed by atoms with Crippen molar-refractivity contribution in [1.29, 1.82) is 0 Å². The molecule has 0 aliphatic heterocycles. The van der Waals surface area contributed by atoms with Crippen LogP contribution in [0.5, 0.6) is 5.88 Å². The van der Waals surface area contributed by atoms with Crippen LogP contribution in [-0.2, 0) is 0 Å². The Morgan fingerprint density at radius 2 is 2.10 bits per heavy atom. The number of nitrogens with one attached hydrogen (secondary N) is 1. The third kappa shape index (κ3) is 3.73. The lowest BCUT2D eigenvalue weighted by Crippen LogP contribution is -2.40. The van der Waals surface area contributed by atoms with E-state index in [0.717, 1.165) is 18.7 Å². The van der Waals surface area contributed by atoms with Gasteiger partial charge in [-0.3, -0.25) is 4.98 Å². The van der Waals surface area contributed by atoms with Gasteiger partial charge in [-0.25, -0.2) is 4.98 Å². The molecule has 2 atom stereocenters. The van der Waals surface area contributed by atoms with Gasteiger partial charge in [0.1, 0.15) is 5.69 Å². The van der Waals surface area contributed by atoms with Crippen LogP contribution in [0.4, 0.5) is 0 Å². The van der Waals surface area contributed by atoms with Gasteiger partial charge >= 0.3 is 0 Å². The second-order valence-electron chi connectivity index (χ2n) is 6.72. The maximum atomic E-state index is 5.45. The van der Waals surface area contributed by atoms with Crippen LogP contribution in [0.3, 0.4) is 0 Å². The number of rotatable bonds is 6. The number of hydrogen-bond donors (Lipinski definition) is 1. The molecule has 2 unspecified atom stereocenters. The molecule has 0 radical (unpaired) electrons. The van der Waals surface area contributed by atoms with Gasteiger partial charge in [-0.2, -0.15) is 0 Å². The van der Waals surface area contributed by atoms with E-state index in [0.29, 0.717) is 17.2 Å². The summed E-state index contributed by atoms with van der Waals surface area (Å²) < 4.78 is 5.45. The summed E-state index contributed by atoms with van der Waals surface area (Å²) in [5.41, 5.74) is 1.29. The van der Waals surface area contributed by atoms with E-state index < -0.39 is 0 Å². The Hall–Kier alpha value is -1.16. The van der Waals surface area contributed by atoms with Gasteiger partial charge in [-0.05, 0) is 37.1 Å². The summed E-state index contributed by atoms with van der Waals surface area (Å²) in [6.07, 6.45) is 9.76. The molecule has 0 spiro atoms. The first-order valence-electron chi connectivity index (χ1n) is 8.18. The Balaban J connectivity index is 2.33. The van der Waals surface area contributed by atoms with Gasteiger partial charge in [-0.1, -0.05) is 33.6 Å². The molecule has 2 rings (SSSR count). The third-order valence-corrected chi connectivity index (χ3v) is 4.79. The maximum absolute atomic E-state index is 5.45. The lowest BCUT2D eigenvalue weighted by molar-refractivity contribution is 0.0951. The van der Waals surface area contributed by atoms with Gasteiger partial charge in [0, 0.05) is 12.4 Å². The number of nitrogens with zero attached hydrogens (tertiary/aromatic N) is 2. The van der Waals surface area contributed by atoms with Crippen LogP contribution in [0, 0.1) is 11.3 Å². The van der Waals surface area contributed by atoms with Gasteiger partial charge in [0.15, 0.2) is 0 Å². The van der Waals surface area contributed by atoms with Crippen molar-refractivity contribution in [3.8, 4) is 5.88 Å². The average molecular weight is 291 g/mol. The molecule has 0 bridgehead atoms. The van der Waals surface area contributed by atoms with Gasteiger partial charge in [0.25, 0.3) is 0 Å². The molecular weight excluding hydrogens is 262 g/mol. The first-order chi connectivity index (χ1) is 10.1. The molecule has 1 saturated carbocycles. The Bertz CT molecular complexity index is 447. The zero-order valence-electron chi connectivity index (χ0n) is 13.9. The van der Waals surface area contributed by atoms with Crippen LogP contribution in [0.1, 0.15) is 64.6 Å². The molecule has 1 heterocycles. The average Bonchev–Trinajstić information content (AvgIpc) is 2.49. The smallest absolute Gasteiger partial charge is 0.237 e. The predicted octanol–water partition coefficient (Wildman–Crippen LogP) is 3.74. The first kappa shape index (κ1) is 16.2. The van der Waals surface area contributed by atoms with Crippen LogP contribution in [0.15, 0.2) is 12.4 Å². The molecule has 1 fully saturated rings. The normalized spacial score (nSPS) is 22.8. The van der Waals surface area contributed by atoms with E-state index in [-0.39, 0.29) is 6.04 Å². The molecule has 1 aromatic rings. The van der Waals surface area contributed by atoms with E-state index in [1.807, 2.05) is 0 Å². The fraction of sp³-hybridized carbons (Fsp3) is 0.765. The summed E-state index contributed by atoms with van der Waals surface area (Å²) in [6, 6.07) is 0.226. The molecule has 0 aromatic carbocycles. The lowest BCUT2D eigenvalue weighted by atomic mass is 9.65. The van der Waals surface area contributed by atoms with Crippen LogP contribution < -0.4 is 10.1 Å². The quantitative estimate of drug-likeness (QED) is 0.867. The SMILES string of the molecule is CCCNC(c1nccnc1OC)C1CCCCC1(C)C. The minimum absolute atomic E-state index is 0.226. The molecule has 1 aliphatic rings. The predicted molar refractivity (Wildman–Crippen MR) is 85.4 cm³/mol. The number of aromatic nitrogens is 2. The van der Waals surface area contributed by atoms with E-state index in [2.05, 4.69) is 36.1 Å². The van der Waals surface area contributed by atoms with Gasteiger partial charge in [0.2, 0.25) is 5.88 Å². The molecule has 1 aromatic heterocycles. The highest BCUT2D eigenvalue weighted by Crippen LogP contribution is 2.47. The second kappa shape index (κ2) is 7.21. The molecule has 1 aliphatic carbocycles. The van der Waals surface area contributed by atoms with Gasteiger partial charge in [-0.15, -0.1) is 0 Å². The summed E-state index contributed by atoms with van der Waals surface area (Å²) in [5, 5.41) is 3.70. The monoisotopic (exact) mass is 291 g/mol. The van der Waals surface area contributed by atoms with E-state index in [1.165, 1.54) is 25.7 Å². The Labute approximate surface area is 128 Å². The molecule has 21 heavy (non-hydrogen) atoms. The summed E-state index contributed by atoms with van der Waals surface area (Å²) in [5.74, 6) is 1.23. The zero-order valence-corrected chi connectivity index (χ0v) is 13.9. The van der Waals surface area contributed by atoms with Crippen LogP contribution in [0.25, 0.3) is 0 Å². The second-order valence-corrected chi connectivity index (χ2v) is 6.72. The van der Waals surface area contributed by atoms with E-state index in [4.69, 9.17) is 4.74 Å². The van der Waals surface area contributed by atoms with Crippen molar-refractivity contribution >= 4 is 0 Å². The topological polar surface area (TPSA) is 47.0 Å². The molecule has 1 N–H and O–H groups in total. The highest BCUT2D eigenvalue weighted by Gasteiger charge is 2.39. The summed E-state index contributed by atoms with van der Waals surface area (Å²) in [4.78, 5) is 8.94. The molecule has 0 saturated heterocycles. The third-order valence-electron chi connectivity index (χ3n) is 4.79. The van der Waals surface area contributed by atoms with Crippen molar-refractivity contribution in [2.45, 2.75) is 58.9 Å². The minimum Gasteiger partial charge on any atom is -0.480 e. The van der Waals surface area contributed by atoms with Crippen molar-refractivity contribution in [1.82, 2.24) is 15.3 Å². The molecule has 4 nitrogen and oxygen atoms in total. The highest BCUT2D eigenvalue weighted by atomic mass is 16.5. The number of ether oxygens (including phenoxy) is 1. The zero-order chi connectivity index (χ0) is 15.3. The van der Waals surface area contributed by atoms with E-state index in [1.54, 1.807) is 19.5 Å². The van der Waals surface area contributed by atoms with Crippen molar-refractivity contribution in [3.63, 3.8) is 0 Å². The Kier molecular flexibility index (Phi) is 5.57. The lowest BCUT2D eigenvalue weighted by Gasteiger charge is -2.43. The summed E-state index contributed by atoms with van der Waals surface area (Å²) in [7, 11) is 1.68. The molecule has 118 valence electrons. The Morgan fingerprint density at radius 1 is 1.33 bits per heavy atom. The number of methoxy groups -OCH3 is 1. The molecule has 0 amide bonds. The van der Waals surface area contributed by atoms with E-state index >= 15 is 0 Å². The fourth-order valence-corrected chi connectivity index (χ4v) is 3.57. The minimum atomic E-state index is 0.226. The molecular formula is C17H29N3O. The van der Waals surface area contributed by atoms with Crippen molar-refractivity contribution in [2.75, 3.05) is 13.7 Å². The summed E-state index contributed by atoms with van der Waals surface area (Å²) >= 11 is 0. The maximum Gasteiger partial charge on any atom is 0.237 e. The van der Waals surface area contributed by atoms with Crippen molar-refractivity contribution < 1.29 is 4.74 Å².